The van der Waals surface area contributed by atoms with E-state index >= 15 is 0 Å². The van der Waals surface area contributed by atoms with Gasteiger partial charge >= 0.3 is 5.97 Å². The van der Waals surface area contributed by atoms with Gasteiger partial charge in [0.25, 0.3) is 5.56 Å². The number of aromatic nitrogens is 3. The third-order valence-electron chi connectivity index (χ3n) is 2.32. The molecule has 0 saturated carbocycles. The SMILES string of the molecule is CCOC(=O)c1[nH]c(=O)c(Nc2ccncn2)cc1Cl. The molecule has 0 aliphatic heterocycles. The predicted molar refractivity (Wildman–Crippen MR) is 73.3 cm³/mol. The van der Waals surface area contributed by atoms with Gasteiger partial charge in [0.05, 0.1) is 11.6 Å². The first-order valence-corrected chi connectivity index (χ1v) is 6.12. The number of esters is 1. The van der Waals surface area contributed by atoms with Crippen LogP contribution in [0.3, 0.4) is 0 Å². The van der Waals surface area contributed by atoms with E-state index in [9.17, 15) is 9.59 Å². The maximum Gasteiger partial charge on any atom is 0.356 e. The van der Waals surface area contributed by atoms with Crippen molar-refractivity contribution in [1.82, 2.24) is 15.0 Å². The van der Waals surface area contributed by atoms with Gasteiger partial charge in [-0.3, -0.25) is 4.79 Å². The summed E-state index contributed by atoms with van der Waals surface area (Å²) in [6.07, 6.45) is 2.86. The van der Waals surface area contributed by atoms with Gasteiger partial charge in [0.1, 0.15) is 23.5 Å². The minimum Gasteiger partial charge on any atom is -0.461 e. The van der Waals surface area contributed by atoms with Crippen LogP contribution in [0.15, 0.2) is 29.5 Å². The fraction of sp³-hybridized carbons (Fsp3) is 0.167. The number of hydrogen-bond donors (Lipinski definition) is 2. The van der Waals surface area contributed by atoms with Gasteiger partial charge < -0.3 is 15.0 Å². The molecule has 2 N–H and O–H groups in total. The number of pyridine rings is 1. The topological polar surface area (TPSA) is 97.0 Å². The average molecular weight is 295 g/mol. The molecule has 0 atom stereocenters. The Morgan fingerprint density at radius 3 is 3.00 bits per heavy atom. The fourth-order valence-electron chi connectivity index (χ4n) is 1.45. The molecule has 2 heterocycles. The standard InChI is InChI=1S/C12H11ClN4O3/c1-2-20-12(19)10-7(13)5-8(11(18)17-10)16-9-3-4-14-6-15-9/h3-6H,2H2,1H3,(H,17,18)(H,14,15,16). The van der Waals surface area contributed by atoms with E-state index in [2.05, 4.69) is 20.3 Å². The summed E-state index contributed by atoms with van der Waals surface area (Å²) in [6.45, 7) is 1.85. The second kappa shape index (κ2) is 6.16. The zero-order valence-corrected chi connectivity index (χ0v) is 11.3. The van der Waals surface area contributed by atoms with Crippen molar-refractivity contribution in [1.29, 1.82) is 0 Å². The van der Waals surface area contributed by atoms with Gasteiger partial charge in [0, 0.05) is 6.20 Å². The first kappa shape index (κ1) is 14.0. The third-order valence-corrected chi connectivity index (χ3v) is 2.62. The van der Waals surface area contributed by atoms with E-state index < -0.39 is 11.5 Å². The van der Waals surface area contributed by atoms with Crippen LogP contribution in [0.2, 0.25) is 5.02 Å². The fourth-order valence-corrected chi connectivity index (χ4v) is 1.69. The summed E-state index contributed by atoms with van der Waals surface area (Å²) in [5, 5.41) is 2.86. The van der Waals surface area contributed by atoms with Crippen molar-refractivity contribution in [2.24, 2.45) is 0 Å². The lowest BCUT2D eigenvalue weighted by molar-refractivity contribution is 0.0519. The Balaban J connectivity index is 2.31. The Bertz CT molecular complexity index is 672. The molecule has 7 nitrogen and oxygen atoms in total. The molecule has 8 heteroatoms. The molecule has 0 spiro atoms. The van der Waals surface area contributed by atoms with Gasteiger partial charge in [-0.05, 0) is 19.1 Å². The van der Waals surface area contributed by atoms with Gasteiger partial charge in [-0.1, -0.05) is 11.6 Å². The zero-order chi connectivity index (χ0) is 14.5. The van der Waals surface area contributed by atoms with Gasteiger partial charge in [0.2, 0.25) is 0 Å². The first-order valence-electron chi connectivity index (χ1n) is 5.74. The van der Waals surface area contributed by atoms with Crippen molar-refractivity contribution in [3.8, 4) is 0 Å². The van der Waals surface area contributed by atoms with Gasteiger partial charge in [0.15, 0.2) is 0 Å². The van der Waals surface area contributed by atoms with Crippen LogP contribution in [0.5, 0.6) is 0 Å². The molecule has 0 unspecified atom stereocenters. The molecule has 2 aromatic rings. The van der Waals surface area contributed by atoms with E-state index in [1.54, 1.807) is 13.0 Å². The summed E-state index contributed by atoms with van der Waals surface area (Å²) in [5.74, 6) is -0.242. The Hall–Kier alpha value is -2.41. The van der Waals surface area contributed by atoms with Crippen LogP contribution < -0.4 is 10.9 Å². The Morgan fingerprint density at radius 2 is 2.35 bits per heavy atom. The molecule has 0 aliphatic rings. The summed E-state index contributed by atoms with van der Waals surface area (Å²) in [4.78, 5) is 33.5. The number of carbonyl (C=O) groups is 1. The molecule has 20 heavy (non-hydrogen) atoms. The van der Waals surface area contributed by atoms with E-state index in [0.717, 1.165) is 0 Å². The number of carbonyl (C=O) groups excluding carboxylic acids is 1. The number of hydrogen-bond acceptors (Lipinski definition) is 6. The number of aromatic amines is 1. The average Bonchev–Trinajstić information content (AvgIpc) is 2.44. The van der Waals surface area contributed by atoms with Crippen LogP contribution >= 0.6 is 11.6 Å². The molecule has 2 rings (SSSR count). The van der Waals surface area contributed by atoms with E-state index in [4.69, 9.17) is 16.3 Å². The summed E-state index contributed by atoms with van der Waals surface area (Å²) in [6, 6.07) is 2.93. The normalized spacial score (nSPS) is 10.1. The monoisotopic (exact) mass is 294 g/mol. The van der Waals surface area contributed by atoms with Crippen molar-refractivity contribution in [2.45, 2.75) is 6.92 Å². The number of nitrogens with one attached hydrogen (secondary N) is 2. The van der Waals surface area contributed by atoms with Gasteiger partial charge in [-0.2, -0.15) is 0 Å². The minimum absolute atomic E-state index is 0.0771. The molecule has 0 aromatic carbocycles. The number of rotatable bonds is 4. The molecule has 0 bridgehead atoms. The van der Waals surface area contributed by atoms with Crippen molar-refractivity contribution in [2.75, 3.05) is 11.9 Å². The van der Waals surface area contributed by atoms with Crippen LogP contribution in [-0.4, -0.2) is 27.5 Å². The van der Waals surface area contributed by atoms with Crippen LogP contribution in [0.1, 0.15) is 17.4 Å². The highest BCUT2D eigenvalue weighted by atomic mass is 35.5. The number of anilines is 2. The summed E-state index contributed by atoms with van der Waals surface area (Å²) >= 11 is 5.95. The summed E-state index contributed by atoms with van der Waals surface area (Å²) < 4.78 is 4.79. The highest BCUT2D eigenvalue weighted by Crippen LogP contribution is 2.18. The largest absolute Gasteiger partial charge is 0.461 e. The molecule has 0 fully saturated rings. The number of nitrogens with zero attached hydrogens (tertiary/aromatic N) is 2. The van der Waals surface area contributed by atoms with Crippen molar-refractivity contribution in [3.63, 3.8) is 0 Å². The van der Waals surface area contributed by atoms with Crippen molar-refractivity contribution < 1.29 is 9.53 Å². The third kappa shape index (κ3) is 3.12. The molecule has 0 saturated heterocycles. The minimum atomic E-state index is -0.678. The lowest BCUT2D eigenvalue weighted by atomic mass is 10.3. The second-order valence-electron chi connectivity index (χ2n) is 3.68. The lowest BCUT2D eigenvalue weighted by Crippen LogP contribution is -2.18. The highest BCUT2D eigenvalue weighted by Gasteiger charge is 2.15. The van der Waals surface area contributed by atoms with Crippen molar-refractivity contribution in [3.05, 3.63) is 45.7 Å². The van der Waals surface area contributed by atoms with Gasteiger partial charge in [-0.25, -0.2) is 14.8 Å². The maximum absolute atomic E-state index is 11.9. The molecule has 2 aromatic heterocycles. The Labute approximate surface area is 119 Å². The van der Waals surface area contributed by atoms with E-state index in [-0.39, 0.29) is 23.0 Å². The maximum atomic E-state index is 11.9. The zero-order valence-electron chi connectivity index (χ0n) is 10.5. The molecular formula is C12H11ClN4O3. The number of ether oxygens (including phenoxy) is 1. The number of H-pyrrole nitrogens is 1. The van der Waals surface area contributed by atoms with Crippen LogP contribution in [-0.2, 0) is 4.74 Å². The van der Waals surface area contributed by atoms with Crippen molar-refractivity contribution >= 4 is 29.1 Å². The van der Waals surface area contributed by atoms with E-state index in [0.29, 0.717) is 5.82 Å². The predicted octanol–water partition coefficient (Wildman–Crippen LogP) is 1.74. The smallest absolute Gasteiger partial charge is 0.356 e. The lowest BCUT2D eigenvalue weighted by Gasteiger charge is -2.07. The quantitative estimate of drug-likeness (QED) is 0.834. The molecular weight excluding hydrogens is 284 g/mol. The molecule has 0 amide bonds. The van der Waals surface area contributed by atoms with Crippen LogP contribution in [0.25, 0.3) is 0 Å². The first-order chi connectivity index (χ1) is 9.61. The number of halogens is 1. The van der Waals surface area contributed by atoms with Crippen LogP contribution in [0, 0.1) is 0 Å². The Morgan fingerprint density at radius 1 is 1.55 bits per heavy atom. The van der Waals surface area contributed by atoms with Gasteiger partial charge in [-0.15, -0.1) is 0 Å². The molecule has 0 radical (unpaired) electrons. The van der Waals surface area contributed by atoms with E-state index in [1.807, 2.05) is 0 Å². The Kier molecular flexibility index (Phi) is 4.31. The molecule has 104 valence electrons. The van der Waals surface area contributed by atoms with E-state index in [1.165, 1.54) is 18.6 Å². The summed E-state index contributed by atoms with van der Waals surface area (Å²) in [7, 11) is 0. The molecule has 0 aliphatic carbocycles. The summed E-state index contributed by atoms with van der Waals surface area (Å²) in [5.41, 5.74) is -0.412. The second-order valence-corrected chi connectivity index (χ2v) is 4.08. The van der Waals surface area contributed by atoms with Crippen LogP contribution in [0.4, 0.5) is 11.5 Å². The highest BCUT2D eigenvalue weighted by molar-refractivity contribution is 6.33.